The maximum absolute atomic E-state index is 9.01. The van der Waals surface area contributed by atoms with Gasteiger partial charge in [-0.25, -0.2) is 0 Å². The quantitative estimate of drug-likeness (QED) is 0.198. The molecule has 0 spiro atoms. The molecular weight excluding hydrogens is 432 g/mol. The Morgan fingerprint density at radius 2 is 1.97 bits per heavy atom. The summed E-state index contributed by atoms with van der Waals surface area (Å²) in [6, 6.07) is 21.1. The van der Waals surface area contributed by atoms with E-state index in [0.717, 1.165) is 40.5 Å². The van der Waals surface area contributed by atoms with Crippen LogP contribution in [0.5, 0.6) is 5.75 Å². The lowest BCUT2D eigenvalue weighted by molar-refractivity contribution is 0.263. The van der Waals surface area contributed by atoms with Crippen LogP contribution in [-0.4, -0.2) is 32.8 Å². The SMILES string of the molecule is N#Cc1ccc(COc2ccc3cc(-c4noc([C@@H]5CCCN5/C(N)=N/O)n4)ccc3c2)cc1. The van der Waals surface area contributed by atoms with Crippen molar-refractivity contribution in [3.8, 4) is 23.2 Å². The first kappa shape index (κ1) is 21.3. The van der Waals surface area contributed by atoms with E-state index in [1.54, 1.807) is 17.0 Å². The van der Waals surface area contributed by atoms with Crippen LogP contribution in [-0.2, 0) is 6.61 Å². The molecule has 0 radical (unpaired) electrons. The highest BCUT2D eigenvalue weighted by molar-refractivity contribution is 5.87. The van der Waals surface area contributed by atoms with Crippen LogP contribution in [0.1, 0.15) is 35.9 Å². The lowest BCUT2D eigenvalue weighted by atomic mass is 10.1. The van der Waals surface area contributed by atoms with E-state index in [-0.39, 0.29) is 12.0 Å². The molecule has 0 amide bonds. The highest BCUT2D eigenvalue weighted by atomic mass is 16.5. The van der Waals surface area contributed by atoms with Gasteiger partial charge >= 0.3 is 0 Å². The Balaban J connectivity index is 1.31. The first-order valence-electron chi connectivity index (χ1n) is 10.9. The number of nitrogens with zero attached hydrogens (tertiary/aromatic N) is 5. The zero-order chi connectivity index (χ0) is 23.5. The Morgan fingerprint density at radius 3 is 2.76 bits per heavy atom. The van der Waals surface area contributed by atoms with Gasteiger partial charge in [0.15, 0.2) is 0 Å². The monoisotopic (exact) mass is 454 g/mol. The summed E-state index contributed by atoms with van der Waals surface area (Å²) < 4.78 is 11.4. The Bertz CT molecular complexity index is 1390. The van der Waals surface area contributed by atoms with Crippen LogP contribution in [0.25, 0.3) is 22.2 Å². The average molecular weight is 454 g/mol. The Morgan fingerprint density at radius 1 is 1.18 bits per heavy atom. The molecule has 0 unspecified atom stereocenters. The Kier molecular flexibility index (Phi) is 5.70. The first-order valence-corrected chi connectivity index (χ1v) is 10.9. The molecule has 1 aliphatic rings. The van der Waals surface area contributed by atoms with Gasteiger partial charge in [0.1, 0.15) is 18.4 Å². The summed E-state index contributed by atoms with van der Waals surface area (Å²) in [5.74, 6) is 1.75. The van der Waals surface area contributed by atoms with Gasteiger partial charge in [-0.2, -0.15) is 10.2 Å². The smallest absolute Gasteiger partial charge is 0.249 e. The van der Waals surface area contributed by atoms with E-state index in [9.17, 15) is 0 Å². The number of ether oxygens (including phenoxy) is 1. The topological polar surface area (TPSA) is 134 Å². The number of nitrogens with two attached hydrogens (primary N) is 1. The summed E-state index contributed by atoms with van der Waals surface area (Å²) in [6.45, 7) is 1.09. The summed E-state index contributed by atoms with van der Waals surface area (Å²) in [5, 5.41) is 27.2. The van der Waals surface area contributed by atoms with Gasteiger partial charge in [-0.05, 0) is 59.5 Å². The van der Waals surface area contributed by atoms with Gasteiger partial charge in [0, 0.05) is 12.1 Å². The van der Waals surface area contributed by atoms with Crippen molar-refractivity contribution in [3.05, 3.63) is 77.7 Å². The highest BCUT2D eigenvalue weighted by Crippen LogP contribution is 2.32. The number of oxime groups is 1. The predicted octanol–water partition coefficient (Wildman–Crippen LogP) is 4.18. The summed E-state index contributed by atoms with van der Waals surface area (Å²) in [4.78, 5) is 6.33. The standard InChI is InChI=1S/C25H22N6O3/c26-14-16-3-5-17(6-4-16)15-33-21-10-9-18-12-20(8-7-19(18)13-21)23-28-24(34-30-23)22-2-1-11-31(22)25(27)29-32/h3-10,12-13,22,32H,1-2,11,15H2,(H2,27,29)/t22-/m0/s1. The molecule has 9 nitrogen and oxygen atoms in total. The van der Waals surface area contributed by atoms with Gasteiger partial charge in [0.25, 0.3) is 0 Å². The third-order valence-electron chi connectivity index (χ3n) is 5.93. The van der Waals surface area contributed by atoms with Crippen LogP contribution in [0.4, 0.5) is 0 Å². The number of hydrogen-bond donors (Lipinski definition) is 2. The van der Waals surface area contributed by atoms with E-state index < -0.39 is 0 Å². The fourth-order valence-electron chi connectivity index (χ4n) is 4.14. The molecule has 34 heavy (non-hydrogen) atoms. The number of nitriles is 1. The van der Waals surface area contributed by atoms with Crippen LogP contribution in [0, 0.1) is 11.3 Å². The molecule has 2 heterocycles. The normalized spacial score (nSPS) is 16.0. The van der Waals surface area contributed by atoms with Crippen molar-refractivity contribution in [3.63, 3.8) is 0 Å². The third kappa shape index (κ3) is 4.21. The molecule has 9 heteroatoms. The Hall–Kier alpha value is -4.58. The van der Waals surface area contributed by atoms with Crippen molar-refractivity contribution in [1.29, 1.82) is 5.26 Å². The number of rotatable bonds is 5. The molecule has 5 rings (SSSR count). The molecule has 0 saturated carbocycles. The molecular formula is C25H22N6O3. The number of aromatic nitrogens is 2. The van der Waals surface area contributed by atoms with E-state index in [0.29, 0.717) is 30.4 Å². The lowest BCUT2D eigenvalue weighted by Crippen LogP contribution is -2.36. The highest BCUT2D eigenvalue weighted by Gasteiger charge is 2.32. The third-order valence-corrected chi connectivity index (χ3v) is 5.93. The molecule has 3 aromatic carbocycles. The summed E-state index contributed by atoms with van der Waals surface area (Å²) >= 11 is 0. The fraction of sp³-hybridized carbons (Fsp3) is 0.200. The molecule has 0 aliphatic carbocycles. The van der Waals surface area contributed by atoms with Crippen molar-refractivity contribution in [2.45, 2.75) is 25.5 Å². The van der Waals surface area contributed by atoms with Crippen LogP contribution < -0.4 is 10.5 Å². The van der Waals surface area contributed by atoms with E-state index in [2.05, 4.69) is 21.4 Å². The fourth-order valence-corrected chi connectivity index (χ4v) is 4.14. The van der Waals surface area contributed by atoms with Gasteiger partial charge in [0.05, 0.1) is 11.6 Å². The molecule has 1 aliphatic heterocycles. The molecule has 4 aromatic rings. The Labute approximate surface area is 195 Å². The van der Waals surface area contributed by atoms with Crippen LogP contribution in [0.2, 0.25) is 0 Å². The zero-order valence-corrected chi connectivity index (χ0v) is 18.3. The van der Waals surface area contributed by atoms with Gasteiger partial charge < -0.3 is 25.1 Å². The summed E-state index contributed by atoms with van der Waals surface area (Å²) in [7, 11) is 0. The number of likely N-dealkylation sites (tertiary alicyclic amines) is 1. The second-order valence-corrected chi connectivity index (χ2v) is 8.09. The van der Waals surface area contributed by atoms with Crippen LogP contribution >= 0.6 is 0 Å². The summed E-state index contributed by atoms with van der Waals surface area (Å²) in [5.41, 5.74) is 8.24. The minimum Gasteiger partial charge on any atom is -0.489 e. The van der Waals surface area contributed by atoms with Gasteiger partial charge in [0.2, 0.25) is 17.7 Å². The second-order valence-electron chi connectivity index (χ2n) is 8.09. The largest absolute Gasteiger partial charge is 0.489 e. The molecule has 0 bridgehead atoms. The van der Waals surface area contributed by atoms with Crippen molar-refractivity contribution in [1.82, 2.24) is 15.0 Å². The lowest BCUT2D eigenvalue weighted by Gasteiger charge is -2.21. The van der Waals surface area contributed by atoms with E-state index >= 15 is 0 Å². The second kappa shape index (κ2) is 9.11. The van der Waals surface area contributed by atoms with E-state index in [1.807, 2.05) is 48.5 Å². The minimum absolute atomic E-state index is 0.0464. The summed E-state index contributed by atoms with van der Waals surface area (Å²) in [6.07, 6.45) is 1.69. The maximum Gasteiger partial charge on any atom is 0.249 e. The molecule has 1 fully saturated rings. The number of benzene rings is 3. The molecule has 1 aromatic heterocycles. The van der Waals surface area contributed by atoms with Crippen LogP contribution in [0.15, 0.2) is 70.3 Å². The minimum atomic E-state index is -0.201. The van der Waals surface area contributed by atoms with Gasteiger partial charge in [-0.1, -0.05) is 40.6 Å². The maximum atomic E-state index is 9.01. The predicted molar refractivity (Wildman–Crippen MR) is 125 cm³/mol. The molecule has 170 valence electrons. The number of hydrogen-bond acceptors (Lipinski definition) is 7. The van der Waals surface area contributed by atoms with Crippen molar-refractivity contribution < 1.29 is 14.5 Å². The average Bonchev–Trinajstić information content (AvgIpc) is 3.57. The number of guanidine groups is 1. The van der Waals surface area contributed by atoms with Crippen molar-refractivity contribution >= 4 is 16.7 Å². The van der Waals surface area contributed by atoms with E-state index in [1.165, 1.54) is 0 Å². The van der Waals surface area contributed by atoms with Gasteiger partial charge in [-0.3, -0.25) is 0 Å². The van der Waals surface area contributed by atoms with Crippen LogP contribution in [0.3, 0.4) is 0 Å². The number of fused-ring (bicyclic) bond motifs is 1. The van der Waals surface area contributed by atoms with Crippen molar-refractivity contribution in [2.24, 2.45) is 10.9 Å². The van der Waals surface area contributed by atoms with Gasteiger partial charge in [-0.15, -0.1) is 0 Å². The first-order chi connectivity index (χ1) is 16.6. The molecule has 1 atom stereocenters. The zero-order valence-electron chi connectivity index (χ0n) is 18.3. The molecule has 3 N–H and O–H groups in total. The van der Waals surface area contributed by atoms with E-state index in [4.69, 9.17) is 25.5 Å². The molecule has 1 saturated heterocycles. The van der Waals surface area contributed by atoms with Crippen molar-refractivity contribution in [2.75, 3.05) is 6.54 Å².